The molecule has 0 aliphatic rings. The fraction of sp³-hybridized carbons (Fsp3) is 0.111. The zero-order chi connectivity index (χ0) is 23.2. The SMILES string of the molecule is CO/C=C(/C(=O)OC)c1ccccc1COc1ccc2c(-c3ccccc3)cc(=O)oc2c1. The Balaban J connectivity index is 1.65. The molecule has 0 aliphatic carbocycles. The average Bonchev–Trinajstić information content (AvgIpc) is 2.85. The zero-order valence-electron chi connectivity index (χ0n) is 18.2. The second-order valence-electron chi connectivity index (χ2n) is 7.21. The Morgan fingerprint density at radius 2 is 1.70 bits per heavy atom. The van der Waals surface area contributed by atoms with E-state index in [-0.39, 0.29) is 12.2 Å². The van der Waals surface area contributed by atoms with Crippen molar-refractivity contribution in [1.82, 2.24) is 0 Å². The smallest absolute Gasteiger partial charge is 0.341 e. The first-order valence-corrected chi connectivity index (χ1v) is 10.3. The molecular formula is C27H22O6. The maximum Gasteiger partial charge on any atom is 0.341 e. The molecule has 0 unspecified atom stereocenters. The van der Waals surface area contributed by atoms with E-state index in [9.17, 15) is 9.59 Å². The molecule has 4 aromatic rings. The third-order valence-corrected chi connectivity index (χ3v) is 5.14. The highest BCUT2D eigenvalue weighted by atomic mass is 16.5. The highest BCUT2D eigenvalue weighted by Gasteiger charge is 2.17. The van der Waals surface area contributed by atoms with E-state index >= 15 is 0 Å². The molecule has 0 radical (unpaired) electrons. The summed E-state index contributed by atoms with van der Waals surface area (Å²) in [5, 5.41) is 0.810. The topological polar surface area (TPSA) is 75.0 Å². The van der Waals surface area contributed by atoms with E-state index in [1.54, 1.807) is 12.1 Å². The molecule has 0 spiro atoms. The van der Waals surface area contributed by atoms with Gasteiger partial charge in [-0.1, -0.05) is 54.6 Å². The van der Waals surface area contributed by atoms with Gasteiger partial charge in [-0.3, -0.25) is 0 Å². The Kier molecular flexibility index (Phi) is 6.55. The van der Waals surface area contributed by atoms with Crippen LogP contribution in [0.25, 0.3) is 27.7 Å². The van der Waals surface area contributed by atoms with Crippen LogP contribution in [0.4, 0.5) is 0 Å². The number of ether oxygens (including phenoxy) is 3. The van der Waals surface area contributed by atoms with Crippen LogP contribution in [0.1, 0.15) is 11.1 Å². The Labute approximate surface area is 190 Å². The summed E-state index contributed by atoms with van der Waals surface area (Å²) in [7, 11) is 2.78. The molecule has 166 valence electrons. The molecule has 6 nitrogen and oxygen atoms in total. The number of carbonyl (C=O) groups is 1. The molecule has 4 rings (SSSR count). The summed E-state index contributed by atoms with van der Waals surface area (Å²) < 4.78 is 21.4. The van der Waals surface area contributed by atoms with Gasteiger partial charge in [-0.15, -0.1) is 0 Å². The predicted molar refractivity (Wildman–Crippen MR) is 126 cm³/mol. The highest BCUT2D eigenvalue weighted by Crippen LogP contribution is 2.30. The third-order valence-electron chi connectivity index (χ3n) is 5.14. The van der Waals surface area contributed by atoms with Crippen molar-refractivity contribution in [2.24, 2.45) is 0 Å². The minimum Gasteiger partial charge on any atom is -0.503 e. The fourth-order valence-electron chi connectivity index (χ4n) is 3.61. The van der Waals surface area contributed by atoms with Gasteiger partial charge in [0.05, 0.1) is 20.5 Å². The summed E-state index contributed by atoms with van der Waals surface area (Å²) in [5.41, 5.74) is 3.43. The molecule has 0 saturated heterocycles. The highest BCUT2D eigenvalue weighted by molar-refractivity contribution is 6.16. The number of esters is 1. The van der Waals surface area contributed by atoms with E-state index in [1.165, 1.54) is 26.5 Å². The van der Waals surface area contributed by atoms with Crippen molar-refractivity contribution in [3.63, 3.8) is 0 Å². The van der Waals surface area contributed by atoms with Crippen molar-refractivity contribution in [3.8, 4) is 16.9 Å². The Morgan fingerprint density at radius 3 is 2.45 bits per heavy atom. The third kappa shape index (κ3) is 4.80. The summed E-state index contributed by atoms with van der Waals surface area (Å²) in [5.74, 6) is 0.0197. The molecule has 33 heavy (non-hydrogen) atoms. The average molecular weight is 442 g/mol. The molecular weight excluding hydrogens is 420 g/mol. The summed E-state index contributed by atoms with van der Waals surface area (Å²) in [6.07, 6.45) is 1.35. The first-order chi connectivity index (χ1) is 16.1. The summed E-state index contributed by atoms with van der Waals surface area (Å²) in [6, 6.07) is 23.9. The van der Waals surface area contributed by atoms with E-state index in [0.29, 0.717) is 16.9 Å². The van der Waals surface area contributed by atoms with Gasteiger partial charge in [0.1, 0.15) is 23.5 Å². The second-order valence-corrected chi connectivity index (χ2v) is 7.21. The quantitative estimate of drug-likeness (QED) is 0.170. The molecule has 0 saturated carbocycles. The lowest BCUT2D eigenvalue weighted by molar-refractivity contribution is -0.133. The maximum absolute atomic E-state index is 12.2. The van der Waals surface area contributed by atoms with E-state index in [4.69, 9.17) is 18.6 Å². The van der Waals surface area contributed by atoms with Crippen molar-refractivity contribution in [3.05, 3.63) is 107 Å². The normalized spacial score (nSPS) is 11.3. The molecule has 1 aromatic heterocycles. The summed E-state index contributed by atoms with van der Waals surface area (Å²) >= 11 is 0. The monoisotopic (exact) mass is 442 g/mol. The first kappa shape index (κ1) is 21.9. The van der Waals surface area contributed by atoms with Gasteiger partial charge in [-0.25, -0.2) is 9.59 Å². The van der Waals surface area contributed by atoms with E-state index < -0.39 is 11.6 Å². The molecule has 0 aliphatic heterocycles. The Bertz CT molecular complexity index is 1370. The number of fused-ring (bicyclic) bond motifs is 1. The molecule has 3 aromatic carbocycles. The minimum absolute atomic E-state index is 0.183. The lowest BCUT2D eigenvalue weighted by atomic mass is 10.0. The fourth-order valence-corrected chi connectivity index (χ4v) is 3.61. The van der Waals surface area contributed by atoms with Gasteiger partial charge >= 0.3 is 11.6 Å². The number of hydrogen-bond donors (Lipinski definition) is 0. The van der Waals surface area contributed by atoms with Crippen molar-refractivity contribution in [2.45, 2.75) is 6.61 Å². The minimum atomic E-state index is -0.509. The molecule has 0 amide bonds. The van der Waals surface area contributed by atoms with Crippen LogP contribution >= 0.6 is 0 Å². The van der Waals surface area contributed by atoms with Crippen LogP contribution in [0.2, 0.25) is 0 Å². The lowest BCUT2D eigenvalue weighted by Gasteiger charge is -2.13. The maximum atomic E-state index is 12.2. The number of rotatable bonds is 7. The number of methoxy groups -OCH3 is 2. The van der Waals surface area contributed by atoms with Gasteiger partial charge in [-0.2, -0.15) is 0 Å². The van der Waals surface area contributed by atoms with Crippen LogP contribution in [0.15, 0.2) is 94.3 Å². The van der Waals surface area contributed by atoms with Crippen molar-refractivity contribution >= 4 is 22.5 Å². The largest absolute Gasteiger partial charge is 0.503 e. The van der Waals surface area contributed by atoms with Gasteiger partial charge in [0, 0.05) is 17.5 Å². The molecule has 0 N–H and O–H groups in total. The van der Waals surface area contributed by atoms with E-state index in [1.807, 2.05) is 60.7 Å². The molecule has 0 atom stereocenters. The van der Waals surface area contributed by atoms with Gasteiger partial charge in [0.2, 0.25) is 0 Å². The number of hydrogen-bond acceptors (Lipinski definition) is 6. The van der Waals surface area contributed by atoms with Gasteiger partial charge in [0.25, 0.3) is 0 Å². The van der Waals surface area contributed by atoms with Crippen LogP contribution in [-0.4, -0.2) is 20.2 Å². The molecule has 0 bridgehead atoms. The standard InChI is InChI=1S/C27H22O6/c1-30-17-24(27(29)31-2)21-11-7-6-10-19(21)16-32-20-12-13-22-23(18-8-4-3-5-9-18)15-26(28)33-25(22)14-20/h3-15,17H,16H2,1-2H3/b24-17+. The number of carbonyl (C=O) groups excluding carboxylic acids is 1. The van der Waals surface area contributed by atoms with Crippen LogP contribution < -0.4 is 10.4 Å². The van der Waals surface area contributed by atoms with Crippen LogP contribution in [0.3, 0.4) is 0 Å². The van der Waals surface area contributed by atoms with Crippen molar-refractivity contribution in [2.75, 3.05) is 14.2 Å². The summed E-state index contributed by atoms with van der Waals surface area (Å²) in [6.45, 7) is 0.183. The van der Waals surface area contributed by atoms with Gasteiger partial charge in [-0.05, 0) is 34.4 Å². The zero-order valence-corrected chi connectivity index (χ0v) is 18.2. The molecule has 0 fully saturated rings. The van der Waals surface area contributed by atoms with Gasteiger partial charge in [0.15, 0.2) is 0 Å². The van der Waals surface area contributed by atoms with Crippen molar-refractivity contribution in [1.29, 1.82) is 0 Å². The Hall–Kier alpha value is -4.32. The summed E-state index contributed by atoms with van der Waals surface area (Å²) in [4.78, 5) is 24.4. The predicted octanol–water partition coefficient (Wildman–Crippen LogP) is 5.20. The Morgan fingerprint density at radius 1 is 0.939 bits per heavy atom. The lowest BCUT2D eigenvalue weighted by Crippen LogP contribution is -2.08. The van der Waals surface area contributed by atoms with Crippen LogP contribution in [-0.2, 0) is 20.9 Å². The second kappa shape index (κ2) is 9.87. The van der Waals surface area contributed by atoms with E-state index in [0.717, 1.165) is 22.1 Å². The van der Waals surface area contributed by atoms with Crippen LogP contribution in [0.5, 0.6) is 5.75 Å². The number of benzene rings is 3. The van der Waals surface area contributed by atoms with Crippen LogP contribution in [0, 0.1) is 0 Å². The van der Waals surface area contributed by atoms with Crippen molar-refractivity contribution < 1.29 is 23.4 Å². The van der Waals surface area contributed by atoms with Gasteiger partial charge < -0.3 is 18.6 Å². The first-order valence-electron chi connectivity index (χ1n) is 10.3. The van der Waals surface area contributed by atoms with E-state index in [2.05, 4.69) is 0 Å². The molecule has 6 heteroatoms. The molecule has 1 heterocycles.